The number of carbonyl (C=O) groups is 2. The van der Waals surface area contributed by atoms with Crippen LogP contribution in [0, 0.1) is 0 Å². The van der Waals surface area contributed by atoms with E-state index in [4.69, 9.17) is 9.47 Å². The lowest BCUT2D eigenvalue weighted by atomic mass is 10.2. The molecule has 29 heavy (non-hydrogen) atoms. The molecule has 1 aromatic rings. The molecule has 0 unspecified atom stereocenters. The van der Waals surface area contributed by atoms with Gasteiger partial charge in [0.25, 0.3) is 5.91 Å². The van der Waals surface area contributed by atoms with E-state index < -0.39 is 16.0 Å². The Labute approximate surface area is 171 Å². The van der Waals surface area contributed by atoms with Crippen molar-refractivity contribution in [1.82, 2.24) is 9.62 Å². The lowest BCUT2D eigenvalue weighted by Crippen LogP contribution is -2.48. The number of ether oxygens (including phenoxy) is 2. The molecule has 9 heteroatoms. The van der Waals surface area contributed by atoms with Crippen LogP contribution in [0.4, 0.5) is 0 Å². The van der Waals surface area contributed by atoms with Gasteiger partial charge in [-0.1, -0.05) is 18.9 Å². The third-order valence-corrected chi connectivity index (χ3v) is 6.98. The molecular formula is C20H28N2O6S. The fourth-order valence-electron chi connectivity index (χ4n) is 3.81. The zero-order valence-corrected chi connectivity index (χ0v) is 17.6. The Hall–Kier alpha value is -1.97. The quantitative estimate of drug-likeness (QED) is 0.698. The number of benzene rings is 1. The van der Waals surface area contributed by atoms with Crippen LogP contribution in [0.1, 0.15) is 49.9 Å². The van der Waals surface area contributed by atoms with Crippen LogP contribution in [0.3, 0.4) is 0 Å². The van der Waals surface area contributed by atoms with Crippen LogP contribution >= 0.6 is 0 Å². The van der Waals surface area contributed by atoms with E-state index >= 15 is 0 Å². The first kappa shape index (κ1) is 21.7. The van der Waals surface area contributed by atoms with Crippen LogP contribution in [-0.2, 0) is 24.3 Å². The second-order valence-electron chi connectivity index (χ2n) is 7.73. The maximum atomic E-state index is 13.0. The van der Waals surface area contributed by atoms with Gasteiger partial charge in [0, 0.05) is 19.1 Å². The van der Waals surface area contributed by atoms with Crippen LogP contribution in [0.15, 0.2) is 29.2 Å². The Balaban J connectivity index is 1.63. The fourth-order valence-corrected chi connectivity index (χ4v) is 5.45. The zero-order valence-electron chi connectivity index (χ0n) is 16.8. The third-order valence-electron chi connectivity index (χ3n) is 5.15. The predicted octanol–water partition coefficient (Wildman–Crippen LogP) is 1.70. The van der Waals surface area contributed by atoms with E-state index in [9.17, 15) is 18.0 Å². The van der Waals surface area contributed by atoms with Crippen LogP contribution < -0.4 is 5.32 Å². The van der Waals surface area contributed by atoms with E-state index in [1.807, 2.05) is 13.8 Å². The number of morpholine rings is 1. The molecule has 1 saturated carbocycles. The molecule has 3 rings (SSSR count). The molecule has 1 amide bonds. The molecule has 1 saturated heterocycles. The maximum Gasteiger partial charge on any atom is 0.338 e. The molecule has 1 heterocycles. The molecular weight excluding hydrogens is 396 g/mol. The number of sulfonamides is 1. The minimum Gasteiger partial charge on any atom is -0.452 e. The molecule has 0 aromatic heterocycles. The summed E-state index contributed by atoms with van der Waals surface area (Å²) in [7, 11) is -3.76. The topological polar surface area (TPSA) is 102 Å². The Morgan fingerprint density at radius 2 is 1.83 bits per heavy atom. The lowest BCUT2D eigenvalue weighted by molar-refractivity contribution is -0.124. The molecule has 2 atom stereocenters. The second kappa shape index (κ2) is 9.23. The van der Waals surface area contributed by atoms with Gasteiger partial charge in [-0.15, -0.1) is 0 Å². The highest BCUT2D eigenvalue weighted by atomic mass is 32.2. The van der Waals surface area contributed by atoms with E-state index in [0.29, 0.717) is 0 Å². The molecule has 1 aromatic carbocycles. The van der Waals surface area contributed by atoms with Crippen molar-refractivity contribution >= 4 is 21.9 Å². The van der Waals surface area contributed by atoms with Crippen LogP contribution in [-0.4, -0.2) is 62.5 Å². The zero-order chi connectivity index (χ0) is 21.0. The van der Waals surface area contributed by atoms with E-state index in [1.54, 1.807) is 0 Å². The van der Waals surface area contributed by atoms with Gasteiger partial charge < -0.3 is 14.8 Å². The molecule has 1 aliphatic carbocycles. The van der Waals surface area contributed by atoms with Crippen molar-refractivity contribution in [3.05, 3.63) is 29.8 Å². The Morgan fingerprint density at radius 3 is 2.48 bits per heavy atom. The van der Waals surface area contributed by atoms with Gasteiger partial charge in [0.1, 0.15) is 0 Å². The van der Waals surface area contributed by atoms with Crippen molar-refractivity contribution < 1.29 is 27.5 Å². The highest BCUT2D eigenvalue weighted by Gasteiger charge is 2.32. The average molecular weight is 425 g/mol. The number of esters is 1. The second-order valence-corrected chi connectivity index (χ2v) is 9.67. The van der Waals surface area contributed by atoms with Crippen LogP contribution in [0.5, 0.6) is 0 Å². The van der Waals surface area contributed by atoms with Crippen molar-refractivity contribution in [3.63, 3.8) is 0 Å². The van der Waals surface area contributed by atoms with Gasteiger partial charge in [-0.3, -0.25) is 4.79 Å². The minimum atomic E-state index is -3.76. The van der Waals surface area contributed by atoms with Gasteiger partial charge in [-0.2, -0.15) is 4.31 Å². The summed E-state index contributed by atoms with van der Waals surface area (Å²) in [5, 5.41) is 2.84. The summed E-state index contributed by atoms with van der Waals surface area (Å²) < 4.78 is 38.0. The van der Waals surface area contributed by atoms with E-state index in [-0.39, 0.29) is 54.3 Å². The van der Waals surface area contributed by atoms with Gasteiger partial charge >= 0.3 is 5.97 Å². The first-order valence-electron chi connectivity index (χ1n) is 9.98. The van der Waals surface area contributed by atoms with Gasteiger partial charge in [0.05, 0.1) is 22.7 Å². The summed E-state index contributed by atoms with van der Waals surface area (Å²) >= 11 is 0. The smallest absolute Gasteiger partial charge is 0.338 e. The largest absolute Gasteiger partial charge is 0.452 e. The van der Waals surface area contributed by atoms with E-state index in [2.05, 4.69) is 5.32 Å². The third kappa shape index (κ3) is 5.55. The number of nitrogens with zero attached hydrogens (tertiary/aromatic N) is 1. The summed E-state index contributed by atoms with van der Waals surface area (Å²) in [5.74, 6) is -1.07. The standard InChI is InChI=1S/C20H28N2O6S/c1-14-11-22(12-15(2)28-14)29(25,26)18-9-5-6-16(10-18)20(24)27-13-19(23)21-17-7-3-4-8-17/h5-6,9-10,14-15,17H,3-4,7-8,11-13H2,1-2H3,(H,21,23)/t14-,15-/m1/s1. The maximum absolute atomic E-state index is 13.0. The predicted molar refractivity (Wildman–Crippen MR) is 106 cm³/mol. The monoisotopic (exact) mass is 424 g/mol. The number of amides is 1. The minimum absolute atomic E-state index is 0.0173. The number of rotatable bonds is 6. The summed E-state index contributed by atoms with van der Waals surface area (Å²) in [4.78, 5) is 24.3. The molecule has 1 aliphatic heterocycles. The number of hydrogen-bond donors (Lipinski definition) is 1. The molecule has 1 N–H and O–H groups in total. The van der Waals surface area contributed by atoms with Gasteiger partial charge in [0.15, 0.2) is 6.61 Å². The van der Waals surface area contributed by atoms with Crippen molar-refractivity contribution in [2.75, 3.05) is 19.7 Å². The van der Waals surface area contributed by atoms with Gasteiger partial charge in [-0.25, -0.2) is 13.2 Å². The highest BCUT2D eigenvalue weighted by Crippen LogP contribution is 2.22. The first-order chi connectivity index (χ1) is 13.8. The van der Waals surface area contributed by atoms with Crippen LogP contribution in [0.2, 0.25) is 0 Å². The molecule has 0 bridgehead atoms. The van der Waals surface area contributed by atoms with Crippen molar-refractivity contribution in [2.24, 2.45) is 0 Å². The summed E-state index contributed by atoms with van der Waals surface area (Å²) in [6.45, 7) is 3.77. The summed E-state index contributed by atoms with van der Waals surface area (Å²) in [6, 6.07) is 5.85. The first-order valence-corrected chi connectivity index (χ1v) is 11.4. The number of nitrogens with one attached hydrogen (secondary N) is 1. The van der Waals surface area contributed by atoms with Crippen LogP contribution in [0.25, 0.3) is 0 Å². The molecule has 2 fully saturated rings. The summed E-state index contributed by atoms with van der Waals surface area (Å²) in [6.07, 6.45) is 3.65. The molecule has 0 radical (unpaired) electrons. The normalized spacial score (nSPS) is 23.7. The fraction of sp³-hybridized carbons (Fsp3) is 0.600. The number of carbonyl (C=O) groups excluding carboxylic acids is 2. The molecule has 8 nitrogen and oxygen atoms in total. The Morgan fingerprint density at radius 1 is 1.17 bits per heavy atom. The molecule has 0 spiro atoms. The van der Waals surface area contributed by atoms with Crippen molar-refractivity contribution in [3.8, 4) is 0 Å². The molecule has 2 aliphatic rings. The van der Waals surface area contributed by atoms with Gasteiger partial charge in [0.2, 0.25) is 10.0 Å². The van der Waals surface area contributed by atoms with Crippen molar-refractivity contribution in [1.29, 1.82) is 0 Å². The SMILES string of the molecule is C[C@@H]1CN(S(=O)(=O)c2cccc(C(=O)OCC(=O)NC3CCCC3)c2)C[C@@H](C)O1. The van der Waals surface area contributed by atoms with Crippen molar-refractivity contribution in [2.45, 2.75) is 62.7 Å². The number of hydrogen-bond acceptors (Lipinski definition) is 6. The highest BCUT2D eigenvalue weighted by molar-refractivity contribution is 7.89. The Kier molecular flexibility index (Phi) is 6.92. The average Bonchev–Trinajstić information content (AvgIpc) is 3.18. The van der Waals surface area contributed by atoms with E-state index in [1.165, 1.54) is 28.6 Å². The van der Waals surface area contributed by atoms with E-state index in [0.717, 1.165) is 25.7 Å². The van der Waals surface area contributed by atoms with Gasteiger partial charge in [-0.05, 0) is 44.9 Å². The molecule has 160 valence electrons. The summed E-state index contributed by atoms with van der Waals surface area (Å²) in [5.41, 5.74) is 0.0918. The Bertz CT molecular complexity index is 840. The lowest BCUT2D eigenvalue weighted by Gasteiger charge is -2.34.